The average Bonchev–Trinajstić information content (AvgIpc) is 3.63. The van der Waals surface area contributed by atoms with Crippen molar-refractivity contribution in [2.45, 2.75) is 304 Å². The van der Waals surface area contributed by atoms with Crippen molar-refractivity contribution in [3.05, 3.63) is 0 Å². The summed E-state index contributed by atoms with van der Waals surface area (Å²) in [6.45, 7) is 18.8. The van der Waals surface area contributed by atoms with Gasteiger partial charge in [-0.2, -0.15) is 0 Å². The first-order valence-corrected chi connectivity index (χ1v) is 27.3. The number of hydrogen-bond donors (Lipinski definition) is 1. The van der Waals surface area contributed by atoms with Gasteiger partial charge in [-0.25, -0.2) is 0 Å². The molecule has 1 saturated heterocycles. The monoisotopic (exact) mass is 892 g/mol. The van der Waals surface area contributed by atoms with Crippen molar-refractivity contribution in [3.63, 3.8) is 0 Å². The van der Waals surface area contributed by atoms with Crippen molar-refractivity contribution in [3.8, 4) is 0 Å². The van der Waals surface area contributed by atoms with Crippen LogP contribution in [-0.4, -0.2) is 72.0 Å². The number of hydrogen-bond acceptors (Lipinski definition) is 8. The molecule has 4 atom stereocenters. The Bertz CT molecular complexity index is 1120. The highest BCUT2D eigenvalue weighted by molar-refractivity contribution is 5.77. The van der Waals surface area contributed by atoms with E-state index >= 15 is 0 Å². The number of rotatable bonds is 43. The number of aliphatic hydroxyl groups is 1. The Kier molecular flexibility index (Phi) is 35.3. The number of aliphatic hydroxyl groups excluding tert-OH is 1. The van der Waals surface area contributed by atoms with E-state index in [2.05, 4.69) is 32.6 Å². The predicted molar refractivity (Wildman–Crippen MR) is 264 cm³/mol. The lowest BCUT2D eigenvalue weighted by Crippen LogP contribution is -2.38. The molecule has 1 aliphatic heterocycles. The molecule has 1 aliphatic rings. The molecule has 2 unspecified atom stereocenters. The number of nitrogens with zero attached hydrogens (tertiary/aromatic N) is 1. The van der Waals surface area contributed by atoms with E-state index in [-0.39, 0.29) is 36.2 Å². The summed E-state index contributed by atoms with van der Waals surface area (Å²) in [6.07, 6.45) is 37.8. The molecule has 0 bridgehead atoms. The molecule has 0 amide bonds. The van der Waals surface area contributed by atoms with Crippen LogP contribution in [0, 0.1) is 10.8 Å². The molecule has 0 aliphatic carbocycles. The summed E-state index contributed by atoms with van der Waals surface area (Å²) in [5.74, 6) is -0.318. The summed E-state index contributed by atoms with van der Waals surface area (Å²) in [5, 5.41) is 10.5. The van der Waals surface area contributed by atoms with E-state index in [9.17, 15) is 19.5 Å². The van der Waals surface area contributed by atoms with E-state index in [1.807, 2.05) is 27.7 Å². The van der Waals surface area contributed by atoms with Crippen LogP contribution in [-0.2, 0) is 28.6 Å². The smallest absolute Gasteiger partial charge is 0.323 e. The number of carbonyl (C=O) groups excluding carboxylic acids is 3. The second-order valence-corrected chi connectivity index (χ2v) is 21.0. The lowest BCUT2D eigenvalue weighted by Gasteiger charge is -2.27. The molecule has 63 heavy (non-hydrogen) atoms. The van der Waals surface area contributed by atoms with Crippen LogP contribution in [0.25, 0.3) is 0 Å². The Morgan fingerprint density at radius 3 is 1.29 bits per heavy atom. The van der Waals surface area contributed by atoms with Gasteiger partial charge in [0.1, 0.15) is 18.2 Å². The van der Waals surface area contributed by atoms with Crippen molar-refractivity contribution in [2.24, 2.45) is 10.8 Å². The van der Waals surface area contributed by atoms with Gasteiger partial charge in [0.25, 0.3) is 0 Å². The molecular formula is C55H105NO7. The summed E-state index contributed by atoms with van der Waals surface area (Å²) in [6, 6.07) is -0.386. The van der Waals surface area contributed by atoms with Crippen molar-refractivity contribution in [1.82, 2.24) is 4.90 Å². The van der Waals surface area contributed by atoms with Crippen molar-refractivity contribution in [1.29, 1.82) is 0 Å². The van der Waals surface area contributed by atoms with Gasteiger partial charge < -0.3 is 19.3 Å². The second-order valence-electron chi connectivity index (χ2n) is 21.0. The first kappa shape index (κ1) is 59.3. The third-order valence-corrected chi connectivity index (χ3v) is 13.8. The van der Waals surface area contributed by atoms with E-state index in [4.69, 9.17) is 14.2 Å². The van der Waals surface area contributed by atoms with E-state index in [1.54, 1.807) is 0 Å². The maximum atomic E-state index is 13.4. The molecule has 0 aromatic heterocycles. The van der Waals surface area contributed by atoms with Gasteiger partial charge in [-0.15, -0.1) is 0 Å². The summed E-state index contributed by atoms with van der Waals surface area (Å²) >= 11 is 0. The Balaban J connectivity index is 2.38. The van der Waals surface area contributed by atoms with Crippen LogP contribution in [0.1, 0.15) is 280 Å². The van der Waals surface area contributed by atoms with Crippen LogP contribution in [0.15, 0.2) is 0 Å². The van der Waals surface area contributed by atoms with Gasteiger partial charge in [0, 0.05) is 13.0 Å². The molecular weight excluding hydrogens is 787 g/mol. The van der Waals surface area contributed by atoms with Crippen LogP contribution in [0.2, 0.25) is 0 Å². The van der Waals surface area contributed by atoms with Gasteiger partial charge in [-0.1, -0.05) is 169 Å². The molecule has 1 N–H and O–H groups in total. The number of ether oxygens (including phenoxy) is 3. The van der Waals surface area contributed by atoms with Gasteiger partial charge in [-0.3, -0.25) is 19.3 Å². The lowest BCUT2D eigenvalue weighted by molar-refractivity contribution is -0.161. The first-order valence-electron chi connectivity index (χ1n) is 27.3. The topological polar surface area (TPSA) is 102 Å². The molecule has 1 rings (SSSR count). The molecule has 0 spiro atoms. The normalized spacial score (nSPS) is 16.9. The molecule has 8 nitrogen and oxygen atoms in total. The first-order chi connectivity index (χ1) is 30.3. The number of β-amino-alcohol motifs (C(OH)–C–C–N with tert-alkyl or cyclic N) is 1. The highest BCUT2D eigenvalue weighted by Gasteiger charge is 2.37. The fraction of sp³-hybridized carbons (Fsp3) is 0.945. The van der Waals surface area contributed by atoms with Crippen molar-refractivity contribution < 1.29 is 33.7 Å². The highest BCUT2D eigenvalue weighted by Crippen LogP contribution is 2.30. The Labute approximate surface area is 390 Å². The zero-order chi connectivity index (χ0) is 46.6. The van der Waals surface area contributed by atoms with Crippen molar-refractivity contribution in [2.75, 3.05) is 19.7 Å². The van der Waals surface area contributed by atoms with Crippen LogP contribution in [0.4, 0.5) is 0 Å². The Hall–Kier alpha value is -1.67. The molecule has 0 aromatic rings. The maximum Gasteiger partial charge on any atom is 0.323 e. The SMILES string of the molecule is CCCCCCCCC(CCCCCC)OC(=O)C(C)(C)CCCCCCOC(=O)[C@@H]1C[C@H](O)CN1CCCCCCC(C)(C)C(=O)OC(CCCCCC)CCCCCCCC. The predicted octanol–water partition coefficient (Wildman–Crippen LogP) is 15.2. The lowest BCUT2D eigenvalue weighted by atomic mass is 9.86. The molecule has 372 valence electrons. The molecule has 0 radical (unpaired) electrons. The van der Waals surface area contributed by atoms with E-state index in [1.165, 1.54) is 103 Å². The summed E-state index contributed by atoms with van der Waals surface area (Å²) < 4.78 is 18.1. The zero-order valence-corrected chi connectivity index (χ0v) is 43.0. The standard InChI is InChI=1S/C55H105NO7/c1-9-13-17-21-23-31-39-48(37-29-19-15-11-3)62-52(59)54(5,6)41-33-25-27-35-43-56-46-47(57)45-50(56)51(58)61-44-36-28-26-34-42-55(7,8)53(60)63-49(38-30-20-16-12-4)40-32-24-22-18-14-10-2/h47-50,57H,9-46H2,1-8H3/t47-,48?,49?,50-/m0/s1. The van der Waals surface area contributed by atoms with E-state index in [0.717, 1.165) is 122 Å². The van der Waals surface area contributed by atoms with E-state index in [0.29, 0.717) is 19.6 Å². The second kappa shape index (κ2) is 37.4. The average molecular weight is 892 g/mol. The van der Waals surface area contributed by atoms with Crippen LogP contribution in [0.3, 0.4) is 0 Å². The zero-order valence-electron chi connectivity index (χ0n) is 43.0. The quantitative estimate of drug-likeness (QED) is 0.0367. The fourth-order valence-corrected chi connectivity index (χ4v) is 9.15. The molecule has 0 aromatic carbocycles. The maximum absolute atomic E-state index is 13.4. The molecule has 1 heterocycles. The third-order valence-electron chi connectivity index (χ3n) is 13.8. The molecule has 0 saturated carbocycles. The number of likely N-dealkylation sites (tertiary alicyclic amines) is 1. The summed E-state index contributed by atoms with van der Waals surface area (Å²) in [5.41, 5.74) is -0.999. The largest absolute Gasteiger partial charge is 0.465 e. The summed E-state index contributed by atoms with van der Waals surface area (Å²) in [7, 11) is 0. The fourth-order valence-electron chi connectivity index (χ4n) is 9.15. The van der Waals surface area contributed by atoms with Gasteiger partial charge in [0.15, 0.2) is 0 Å². The van der Waals surface area contributed by atoms with Crippen LogP contribution < -0.4 is 0 Å². The van der Waals surface area contributed by atoms with E-state index < -0.39 is 16.9 Å². The summed E-state index contributed by atoms with van der Waals surface area (Å²) in [4.78, 5) is 41.9. The number of esters is 3. The van der Waals surface area contributed by atoms with Crippen LogP contribution in [0.5, 0.6) is 0 Å². The van der Waals surface area contributed by atoms with Gasteiger partial charge >= 0.3 is 17.9 Å². The van der Waals surface area contributed by atoms with Crippen molar-refractivity contribution >= 4 is 17.9 Å². The molecule has 1 fully saturated rings. The Morgan fingerprint density at radius 2 is 0.857 bits per heavy atom. The highest BCUT2D eigenvalue weighted by atomic mass is 16.6. The minimum atomic E-state index is -0.507. The minimum absolute atomic E-state index is 0.0372. The van der Waals surface area contributed by atoms with Gasteiger partial charge in [-0.05, 0) is 111 Å². The third kappa shape index (κ3) is 29.6. The van der Waals surface area contributed by atoms with Gasteiger partial charge in [0.2, 0.25) is 0 Å². The Morgan fingerprint density at radius 1 is 0.508 bits per heavy atom. The molecule has 8 heteroatoms. The number of carbonyl (C=O) groups is 3. The number of unbranched alkanes of at least 4 members (excludes halogenated alkanes) is 22. The van der Waals surface area contributed by atoms with Crippen LogP contribution >= 0.6 is 0 Å². The minimum Gasteiger partial charge on any atom is -0.465 e. The van der Waals surface area contributed by atoms with Gasteiger partial charge in [0.05, 0.1) is 23.5 Å².